The van der Waals surface area contributed by atoms with E-state index < -0.39 is 0 Å². The molecule has 0 radical (unpaired) electrons. The second-order valence-corrected chi connectivity index (χ2v) is 5.82. The SMILES string of the molecule is CCC(C)C#Cc1ccc(CNC(=O)c2ccc(C)cc2)cc1. The molecule has 118 valence electrons. The maximum Gasteiger partial charge on any atom is 0.251 e. The molecule has 2 aromatic rings. The zero-order valence-corrected chi connectivity index (χ0v) is 14.0. The Bertz CT molecular complexity index is 702. The van der Waals surface area contributed by atoms with Gasteiger partial charge in [0, 0.05) is 23.6 Å². The minimum atomic E-state index is -0.0503. The van der Waals surface area contributed by atoms with E-state index in [9.17, 15) is 4.79 Å². The summed E-state index contributed by atoms with van der Waals surface area (Å²) in [5.41, 5.74) is 3.92. The number of carbonyl (C=O) groups excluding carboxylic acids is 1. The highest BCUT2D eigenvalue weighted by molar-refractivity contribution is 5.94. The third kappa shape index (κ3) is 5.30. The van der Waals surface area contributed by atoms with E-state index in [2.05, 4.69) is 31.0 Å². The van der Waals surface area contributed by atoms with Gasteiger partial charge in [-0.25, -0.2) is 0 Å². The minimum Gasteiger partial charge on any atom is -0.348 e. The van der Waals surface area contributed by atoms with E-state index in [1.54, 1.807) is 0 Å². The van der Waals surface area contributed by atoms with Crippen LogP contribution in [0.25, 0.3) is 0 Å². The zero-order chi connectivity index (χ0) is 16.7. The van der Waals surface area contributed by atoms with Gasteiger partial charge in [-0.3, -0.25) is 4.79 Å². The van der Waals surface area contributed by atoms with Crippen LogP contribution in [0.2, 0.25) is 0 Å². The van der Waals surface area contributed by atoms with Gasteiger partial charge in [0.1, 0.15) is 0 Å². The van der Waals surface area contributed by atoms with Crippen molar-refractivity contribution < 1.29 is 4.79 Å². The summed E-state index contributed by atoms with van der Waals surface area (Å²) in [5, 5.41) is 2.94. The maximum atomic E-state index is 12.1. The topological polar surface area (TPSA) is 29.1 Å². The van der Waals surface area contributed by atoms with Crippen molar-refractivity contribution in [1.29, 1.82) is 0 Å². The maximum absolute atomic E-state index is 12.1. The highest BCUT2D eigenvalue weighted by atomic mass is 16.1. The zero-order valence-electron chi connectivity index (χ0n) is 14.0. The van der Waals surface area contributed by atoms with Crippen LogP contribution < -0.4 is 5.32 Å². The lowest BCUT2D eigenvalue weighted by atomic mass is 10.1. The standard InChI is InChI=1S/C21H23NO/c1-4-16(2)5-8-18-9-11-19(12-10-18)15-22-21(23)20-13-6-17(3)7-14-20/h6-7,9-14,16H,4,15H2,1-3H3,(H,22,23). The molecule has 0 spiro atoms. The van der Waals surface area contributed by atoms with Crippen molar-refractivity contribution in [3.05, 3.63) is 70.8 Å². The molecule has 0 saturated carbocycles. The van der Waals surface area contributed by atoms with Crippen molar-refractivity contribution >= 4 is 5.91 Å². The van der Waals surface area contributed by atoms with E-state index in [1.165, 1.54) is 0 Å². The Morgan fingerprint density at radius 2 is 1.74 bits per heavy atom. The van der Waals surface area contributed by atoms with Crippen molar-refractivity contribution in [1.82, 2.24) is 5.32 Å². The van der Waals surface area contributed by atoms with Gasteiger partial charge in [0.05, 0.1) is 0 Å². The molecule has 23 heavy (non-hydrogen) atoms. The lowest BCUT2D eigenvalue weighted by Gasteiger charge is -2.06. The smallest absolute Gasteiger partial charge is 0.251 e. The molecule has 2 nitrogen and oxygen atoms in total. The fraction of sp³-hybridized carbons (Fsp3) is 0.286. The van der Waals surface area contributed by atoms with Crippen molar-refractivity contribution in [2.45, 2.75) is 33.7 Å². The van der Waals surface area contributed by atoms with Gasteiger partial charge in [-0.1, -0.05) is 55.5 Å². The highest BCUT2D eigenvalue weighted by Crippen LogP contribution is 2.06. The first kappa shape index (κ1) is 16.8. The molecule has 2 rings (SSSR count). The number of benzene rings is 2. The second-order valence-electron chi connectivity index (χ2n) is 5.82. The lowest BCUT2D eigenvalue weighted by molar-refractivity contribution is 0.0951. The first-order valence-electron chi connectivity index (χ1n) is 8.04. The normalized spacial score (nSPS) is 11.3. The van der Waals surface area contributed by atoms with Crippen molar-refractivity contribution in [2.75, 3.05) is 0 Å². The van der Waals surface area contributed by atoms with Crippen LogP contribution in [0.15, 0.2) is 48.5 Å². The van der Waals surface area contributed by atoms with Crippen LogP contribution in [0.1, 0.15) is 47.3 Å². The van der Waals surface area contributed by atoms with Crippen LogP contribution in [-0.4, -0.2) is 5.91 Å². The molecule has 1 unspecified atom stereocenters. The van der Waals surface area contributed by atoms with E-state index >= 15 is 0 Å². The number of hydrogen-bond donors (Lipinski definition) is 1. The number of nitrogens with one attached hydrogen (secondary N) is 1. The molecule has 2 aromatic carbocycles. The van der Waals surface area contributed by atoms with E-state index in [1.807, 2.05) is 55.5 Å². The Labute approximate surface area is 138 Å². The van der Waals surface area contributed by atoms with Gasteiger partial charge in [0.2, 0.25) is 0 Å². The summed E-state index contributed by atoms with van der Waals surface area (Å²) in [5.74, 6) is 6.78. The molecule has 0 saturated heterocycles. The van der Waals surface area contributed by atoms with Crippen LogP contribution in [0.5, 0.6) is 0 Å². The average molecular weight is 305 g/mol. The number of hydrogen-bond acceptors (Lipinski definition) is 1. The number of amides is 1. The van der Waals surface area contributed by atoms with Crippen LogP contribution in [-0.2, 0) is 6.54 Å². The summed E-state index contributed by atoms with van der Waals surface area (Å²) >= 11 is 0. The third-order valence-electron chi connectivity index (χ3n) is 3.80. The lowest BCUT2D eigenvalue weighted by Crippen LogP contribution is -2.22. The molecule has 0 aliphatic heterocycles. The summed E-state index contributed by atoms with van der Waals surface area (Å²) in [6.07, 6.45) is 1.07. The molecular weight excluding hydrogens is 282 g/mol. The Morgan fingerprint density at radius 3 is 2.35 bits per heavy atom. The first-order chi connectivity index (χ1) is 11.1. The Kier molecular flexibility index (Phi) is 6.00. The van der Waals surface area contributed by atoms with Gasteiger partial charge in [-0.15, -0.1) is 0 Å². The number of carbonyl (C=O) groups is 1. The molecule has 0 bridgehead atoms. The van der Waals surface area contributed by atoms with E-state index in [-0.39, 0.29) is 5.91 Å². The quantitative estimate of drug-likeness (QED) is 0.837. The predicted octanol–water partition coefficient (Wildman–Crippen LogP) is 4.32. The van der Waals surface area contributed by atoms with Crippen molar-refractivity contribution in [3.63, 3.8) is 0 Å². The second kappa shape index (κ2) is 8.19. The summed E-state index contributed by atoms with van der Waals surface area (Å²) in [6, 6.07) is 15.6. The minimum absolute atomic E-state index is 0.0503. The molecule has 0 aromatic heterocycles. The third-order valence-corrected chi connectivity index (χ3v) is 3.80. The molecule has 1 N–H and O–H groups in total. The van der Waals surface area contributed by atoms with E-state index in [0.717, 1.165) is 23.1 Å². The van der Waals surface area contributed by atoms with Gasteiger partial charge in [-0.05, 0) is 43.2 Å². The average Bonchev–Trinajstić information content (AvgIpc) is 2.59. The molecule has 0 heterocycles. The molecular formula is C21H23NO. The van der Waals surface area contributed by atoms with Crippen LogP contribution >= 0.6 is 0 Å². The summed E-state index contributed by atoms with van der Waals surface area (Å²) < 4.78 is 0. The summed E-state index contributed by atoms with van der Waals surface area (Å²) in [6.45, 7) is 6.79. The molecule has 1 atom stereocenters. The molecule has 0 aliphatic rings. The summed E-state index contributed by atoms with van der Waals surface area (Å²) in [7, 11) is 0. The fourth-order valence-electron chi connectivity index (χ4n) is 2.00. The molecule has 0 fully saturated rings. The number of rotatable bonds is 4. The molecule has 1 amide bonds. The van der Waals surface area contributed by atoms with Crippen LogP contribution in [0.3, 0.4) is 0 Å². The van der Waals surface area contributed by atoms with Crippen LogP contribution in [0, 0.1) is 24.7 Å². The predicted molar refractivity (Wildman–Crippen MR) is 95.1 cm³/mol. The number of aryl methyl sites for hydroxylation is 1. The van der Waals surface area contributed by atoms with Crippen LogP contribution in [0.4, 0.5) is 0 Å². The largest absolute Gasteiger partial charge is 0.348 e. The van der Waals surface area contributed by atoms with Crippen molar-refractivity contribution in [2.24, 2.45) is 5.92 Å². The Hall–Kier alpha value is -2.53. The Balaban J connectivity index is 1.92. The van der Waals surface area contributed by atoms with Gasteiger partial charge in [0.25, 0.3) is 5.91 Å². The van der Waals surface area contributed by atoms with Crippen molar-refractivity contribution in [3.8, 4) is 11.8 Å². The van der Waals surface area contributed by atoms with Gasteiger partial charge in [-0.2, -0.15) is 0 Å². The monoisotopic (exact) mass is 305 g/mol. The van der Waals surface area contributed by atoms with E-state index in [0.29, 0.717) is 18.0 Å². The molecule has 0 aliphatic carbocycles. The summed E-state index contributed by atoms with van der Waals surface area (Å²) in [4.78, 5) is 12.1. The van der Waals surface area contributed by atoms with Gasteiger partial charge < -0.3 is 5.32 Å². The van der Waals surface area contributed by atoms with E-state index in [4.69, 9.17) is 0 Å². The molecule has 2 heteroatoms. The van der Waals surface area contributed by atoms with Gasteiger partial charge >= 0.3 is 0 Å². The Morgan fingerprint density at radius 1 is 1.09 bits per heavy atom. The highest BCUT2D eigenvalue weighted by Gasteiger charge is 2.04. The first-order valence-corrected chi connectivity index (χ1v) is 8.04. The fourth-order valence-corrected chi connectivity index (χ4v) is 2.00. The van der Waals surface area contributed by atoms with Gasteiger partial charge in [0.15, 0.2) is 0 Å².